The number of amides is 1. The highest BCUT2D eigenvalue weighted by Crippen LogP contribution is 2.10. The predicted molar refractivity (Wildman–Crippen MR) is 94.6 cm³/mol. The van der Waals surface area contributed by atoms with Gasteiger partial charge in [-0.2, -0.15) is 10.6 Å². The summed E-state index contributed by atoms with van der Waals surface area (Å²) in [6.07, 6.45) is 2.73. The van der Waals surface area contributed by atoms with Crippen molar-refractivity contribution in [3.05, 3.63) is 59.4 Å². The first-order valence-corrected chi connectivity index (χ1v) is 8.82. The van der Waals surface area contributed by atoms with Crippen molar-refractivity contribution in [3.8, 4) is 17.6 Å². The van der Waals surface area contributed by atoms with Crippen LogP contribution in [0.5, 0.6) is 5.75 Å². The topological polar surface area (TPSA) is 106 Å². The van der Waals surface area contributed by atoms with E-state index in [0.29, 0.717) is 11.1 Å². The molecule has 1 heterocycles. The molecule has 0 unspecified atom stereocenters. The molecule has 7 nitrogen and oxygen atoms in total. The number of nitrogens with zero attached hydrogens (tertiary/aromatic N) is 2. The number of esters is 1. The fourth-order valence-corrected chi connectivity index (χ4v) is 2.47. The van der Waals surface area contributed by atoms with Gasteiger partial charge in [-0.3, -0.25) is 14.6 Å². The van der Waals surface area contributed by atoms with Crippen molar-refractivity contribution in [3.63, 3.8) is 0 Å². The van der Waals surface area contributed by atoms with Gasteiger partial charge in [0.05, 0.1) is 12.2 Å². The Morgan fingerprint density at radius 1 is 1.23 bits per heavy atom. The van der Waals surface area contributed by atoms with Crippen LogP contribution in [0.15, 0.2) is 47.1 Å². The molecule has 0 aliphatic carbocycles. The van der Waals surface area contributed by atoms with Crippen LogP contribution >= 0.6 is 0 Å². The molecule has 1 aromatic carbocycles. The molecule has 1 aromatic heterocycles. The quantitative estimate of drug-likeness (QED) is 0.501. The van der Waals surface area contributed by atoms with Crippen LogP contribution in [0, 0.1) is 11.8 Å². The number of aromatic hydroxyl groups is 1. The third-order valence-corrected chi connectivity index (χ3v) is 3.77. The van der Waals surface area contributed by atoms with E-state index in [-0.39, 0.29) is 17.9 Å². The zero-order chi connectivity index (χ0) is 18.9. The number of carbonyl (C=O) groups excluding carboxylic acids is 2. The summed E-state index contributed by atoms with van der Waals surface area (Å²) in [6.45, 7) is 1.78. The Morgan fingerprint density at radius 2 is 2.00 bits per heavy atom. The molecule has 8 heteroatoms. The highest BCUT2D eigenvalue weighted by atomic mass is 32.2. The molecule has 0 saturated heterocycles. The van der Waals surface area contributed by atoms with Crippen LogP contribution in [0.3, 0.4) is 0 Å². The number of rotatable bonds is 4. The number of carbonyl (C=O) groups is 2. The smallest absolute Gasteiger partial charge is 0.288 e. The summed E-state index contributed by atoms with van der Waals surface area (Å²) in [5.41, 5.74) is 1.15. The third-order valence-electron chi connectivity index (χ3n) is 2.91. The van der Waals surface area contributed by atoms with Crippen LogP contribution in [0.1, 0.15) is 28.4 Å². The molecule has 26 heavy (non-hydrogen) atoms. The van der Waals surface area contributed by atoms with Crippen molar-refractivity contribution in [2.45, 2.75) is 6.92 Å². The lowest BCUT2D eigenvalue weighted by molar-refractivity contribution is -0.139. The summed E-state index contributed by atoms with van der Waals surface area (Å²) in [5, 5.41) is 9.41. The van der Waals surface area contributed by atoms with Crippen LogP contribution in [0.4, 0.5) is 0 Å². The van der Waals surface area contributed by atoms with Gasteiger partial charge < -0.3 is 18.4 Å². The second kappa shape index (κ2) is 9.34. The van der Waals surface area contributed by atoms with E-state index in [0.717, 1.165) is 0 Å². The van der Waals surface area contributed by atoms with Crippen LogP contribution in [-0.2, 0) is 24.3 Å². The molecule has 0 spiro atoms. The van der Waals surface area contributed by atoms with Gasteiger partial charge in [-0.05, 0) is 31.2 Å². The number of ether oxygens (including phenoxy) is 1. The second-order valence-corrected chi connectivity index (χ2v) is 6.04. The molecule has 0 aliphatic rings. The largest absolute Gasteiger partial charge is 0.508 e. The Bertz CT molecular complexity index is 969. The maximum absolute atomic E-state index is 12.0. The molecule has 1 N–H and O–H groups in total. The summed E-state index contributed by atoms with van der Waals surface area (Å²) in [6, 6.07) is 7.88. The summed E-state index contributed by atoms with van der Waals surface area (Å²) < 4.78 is 19.8. The van der Waals surface area contributed by atoms with Gasteiger partial charge in [0.2, 0.25) is 0 Å². The third kappa shape index (κ3) is 6.03. The van der Waals surface area contributed by atoms with E-state index in [4.69, 9.17) is 0 Å². The van der Waals surface area contributed by atoms with E-state index in [1.54, 1.807) is 19.1 Å². The van der Waals surface area contributed by atoms with Crippen LogP contribution in [0.2, 0.25) is 0 Å². The van der Waals surface area contributed by atoms with Crippen molar-refractivity contribution in [1.82, 2.24) is 4.98 Å². The lowest BCUT2D eigenvalue weighted by Gasteiger charge is -2.04. The molecule has 0 aliphatic heterocycles. The van der Waals surface area contributed by atoms with Gasteiger partial charge in [0.15, 0.2) is 0 Å². The van der Waals surface area contributed by atoms with E-state index in [1.165, 1.54) is 30.6 Å². The number of hydrogen-bond acceptors (Lipinski definition) is 7. The van der Waals surface area contributed by atoms with Gasteiger partial charge in [0.25, 0.3) is 11.9 Å². The Morgan fingerprint density at radius 3 is 2.73 bits per heavy atom. The van der Waals surface area contributed by atoms with E-state index >= 15 is 0 Å². The standard InChI is InChI=1S/C18H15N2O5S/c1-2-25-17(22)12-26(24)20-18(23)15-8-14(10-19-11-15)7-6-13-4-3-5-16(21)9-13/h3-5,8-11,21H,2,12H2,1H3/q-1. The number of phenols is 1. The minimum Gasteiger partial charge on any atom is -0.508 e. The Labute approximate surface area is 152 Å². The Hall–Kier alpha value is -3.18. The molecule has 0 bridgehead atoms. The predicted octanol–water partition coefficient (Wildman–Crippen LogP) is 2.04. The Balaban J connectivity index is 2.15. The number of hydrogen-bond donors (Lipinski definition) is 1. The van der Waals surface area contributed by atoms with E-state index < -0.39 is 28.2 Å². The van der Waals surface area contributed by atoms with Gasteiger partial charge in [-0.1, -0.05) is 17.9 Å². The van der Waals surface area contributed by atoms with Crippen molar-refractivity contribution in [2.24, 2.45) is 4.36 Å². The minimum atomic E-state index is -2.02. The summed E-state index contributed by atoms with van der Waals surface area (Å²) in [7, 11) is -2.02. The van der Waals surface area contributed by atoms with Crippen LogP contribution < -0.4 is 0 Å². The van der Waals surface area contributed by atoms with Gasteiger partial charge in [-0.25, -0.2) is 0 Å². The molecule has 2 rings (SSSR count). The molecule has 0 atom stereocenters. The lowest BCUT2D eigenvalue weighted by atomic mass is 10.1. The SMILES string of the molecule is CCOC(=O)C[S-](=O)=NC(=O)c1cncc(C#Cc2cccc(O)c2)c1. The first-order chi connectivity index (χ1) is 12.5. The average Bonchev–Trinajstić information content (AvgIpc) is 2.60. The van der Waals surface area contributed by atoms with Gasteiger partial charge >= 0.3 is 0 Å². The molecule has 0 radical (unpaired) electrons. The van der Waals surface area contributed by atoms with E-state index in [1.807, 2.05) is 0 Å². The van der Waals surface area contributed by atoms with Gasteiger partial charge in [-0.15, -0.1) is 0 Å². The lowest BCUT2D eigenvalue weighted by Crippen LogP contribution is -2.10. The van der Waals surface area contributed by atoms with Crippen molar-refractivity contribution in [1.29, 1.82) is 0 Å². The maximum Gasteiger partial charge on any atom is 0.288 e. The fraction of sp³-hybridized carbons (Fsp3) is 0.167. The molecule has 1 amide bonds. The van der Waals surface area contributed by atoms with Crippen LogP contribution in [-0.4, -0.2) is 34.3 Å². The fourth-order valence-electron chi connectivity index (χ4n) is 1.83. The first kappa shape index (κ1) is 19.1. The maximum atomic E-state index is 12.0. The molecule has 2 aromatic rings. The summed E-state index contributed by atoms with van der Waals surface area (Å²) >= 11 is 0. The second-order valence-electron chi connectivity index (χ2n) is 4.93. The van der Waals surface area contributed by atoms with E-state index in [2.05, 4.69) is 25.9 Å². The minimum absolute atomic E-state index is 0.0988. The zero-order valence-corrected chi connectivity index (χ0v) is 14.7. The number of pyridine rings is 1. The molecule has 0 fully saturated rings. The molecule has 134 valence electrons. The van der Waals surface area contributed by atoms with Crippen molar-refractivity contribution >= 4 is 22.5 Å². The van der Waals surface area contributed by atoms with Gasteiger partial charge in [0, 0.05) is 29.3 Å². The summed E-state index contributed by atoms with van der Waals surface area (Å²) in [5.74, 6) is 3.82. The van der Waals surface area contributed by atoms with Gasteiger partial charge in [0.1, 0.15) is 5.75 Å². The van der Waals surface area contributed by atoms with Crippen molar-refractivity contribution in [2.75, 3.05) is 12.4 Å². The molecule has 0 saturated carbocycles. The number of benzene rings is 1. The number of aromatic nitrogens is 1. The van der Waals surface area contributed by atoms with Crippen molar-refractivity contribution < 1.29 is 23.6 Å². The molecular formula is C18H15N2O5S-. The highest BCUT2D eigenvalue weighted by molar-refractivity contribution is 7.76. The average molecular weight is 371 g/mol. The summed E-state index contributed by atoms with van der Waals surface area (Å²) in [4.78, 5) is 27.2. The first-order valence-electron chi connectivity index (χ1n) is 7.54. The highest BCUT2D eigenvalue weighted by Gasteiger charge is 2.03. The number of phenolic OH excluding ortho intramolecular Hbond substituents is 1. The van der Waals surface area contributed by atoms with Crippen LogP contribution in [0.25, 0.3) is 0 Å². The normalized spacial score (nSPS) is 11.3. The van der Waals surface area contributed by atoms with E-state index in [9.17, 15) is 18.9 Å². The Kier molecular flexibility index (Phi) is 6.88. The molecular weight excluding hydrogens is 356 g/mol. The monoisotopic (exact) mass is 371 g/mol. The zero-order valence-electron chi connectivity index (χ0n) is 13.8.